The van der Waals surface area contributed by atoms with Crippen molar-refractivity contribution in [1.82, 2.24) is 25.1 Å². The van der Waals surface area contributed by atoms with Crippen LogP contribution in [0.4, 0.5) is 0 Å². The van der Waals surface area contributed by atoms with E-state index in [-0.39, 0.29) is 17.9 Å². The van der Waals surface area contributed by atoms with Crippen molar-refractivity contribution in [3.05, 3.63) is 53.6 Å². The summed E-state index contributed by atoms with van der Waals surface area (Å²) in [7, 11) is 1.93. The quantitative estimate of drug-likeness (QED) is 0.848. The molecule has 1 fully saturated rings. The van der Waals surface area contributed by atoms with Gasteiger partial charge in [-0.3, -0.25) is 9.59 Å². The number of nitrogens with zero attached hydrogens (tertiary/aromatic N) is 3. The van der Waals surface area contributed by atoms with Crippen molar-refractivity contribution in [3.63, 3.8) is 0 Å². The lowest BCUT2D eigenvalue weighted by atomic mass is 10.1. The maximum absolute atomic E-state index is 13.1. The van der Waals surface area contributed by atoms with Crippen LogP contribution in [0.15, 0.2) is 36.7 Å². The van der Waals surface area contributed by atoms with Crippen molar-refractivity contribution in [1.29, 1.82) is 0 Å². The van der Waals surface area contributed by atoms with Crippen LogP contribution in [0, 0.1) is 0 Å². The molecule has 1 aromatic carbocycles. The summed E-state index contributed by atoms with van der Waals surface area (Å²) in [6.45, 7) is 4.62. The number of amides is 2. The third kappa shape index (κ3) is 3.77. The SMILES string of the molecule is CCCNC(=O)c1cccc(C(=O)N2CCNCC2c2nccn2C)c1. The highest BCUT2D eigenvalue weighted by molar-refractivity contribution is 5.99. The second-order valence-corrected chi connectivity index (χ2v) is 6.45. The van der Waals surface area contributed by atoms with Gasteiger partial charge in [-0.05, 0) is 24.6 Å². The third-order valence-electron chi connectivity index (χ3n) is 4.57. The summed E-state index contributed by atoms with van der Waals surface area (Å²) >= 11 is 0. The number of hydrogen-bond acceptors (Lipinski definition) is 4. The molecule has 1 aliphatic heterocycles. The molecule has 7 heteroatoms. The molecule has 2 N–H and O–H groups in total. The van der Waals surface area contributed by atoms with Crippen LogP contribution in [-0.4, -0.2) is 52.4 Å². The lowest BCUT2D eigenvalue weighted by molar-refractivity contribution is 0.0621. The predicted octanol–water partition coefficient (Wildman–Crippen LogP) is 1.35. The Balaban J connectivity index is 1.83. The molecule has 2 heterocycles. The number of aryl methyl sites for hydroxylation is 1. The molecule has 0 saturated carbocycles. The van der Waals surface area contributed by atoms with Crippen LogP contribution < -0.4 is 10.6 Å². The number of nitrogens with one attached hydrogen (secondary N) is 2. The molecule has 0 spiro atoms. The third-order valence-corrected chi connectivity index (χ3v) is 4.57. The zero-order valence-electron chi connectivity index (χ0n) is 15.2. The van der Waals surface area contributed by atoms with Gasteiger partial charge in [0.2, 0.25) is 0 Å². The Morgan fingerprint density at radius 3 is 2.88 bits per heavy atom. The second kappa shape index (κ2) is 8.14. The van der Waals surface area contributed by atoms with Gasteiger partial charge in [0.15, 0.2) is 0 Å². The molecule has 1 aromatic heterocycles. The van der Waals surface area contributed by atoms with E-state index in [2.05, 4.69) is 15.6 Å². The number of carbonyl (C=O) groups excluding carboxylic acids is 2. The summed E-state index contributed by atoms with van der Waals surface area (Å²) in [6.07, 6.45) is 4.49. The summed E-state index contributed by atoms with van der Waals surface area (Å²) in [5.41, 5.74) is 1.03. The fraction of sp³-hybridized carbons (Fsp3) is 0.421. The van der Waals surface area contributed by atoms with Crippen LogP contribution >= 0.6 is 0 Å². The number of piperazine rings is 1. The summed E-state index contributed by atoms with van der Waals surface area (Å²) < 4.78 is 1.94. The van der Waals surface area contributed by atoms with Crippen LogP contribution in [0.5, 0.6) is 0 Å². The van der Waals surface area contributed by atoms with Gasteiger partial charge in [0.1, 0.15) is 11.9 Å². The predicted molar refractivity (Wildman–Crippen MR) is 98.9 cm³/mol. The molecule has 0 bridgehead atoms. The molecule has 3 rings (SSSR count). The van der Waals surface area contributed by atoms with Crippen LogP contribution in [0.3, 0.4) is 0 Å². The second-order valence-electron chi connectivity index (χ2n) is 6.45. The molecule has 26 heavy (non-hydrogen) atoms. The molecule has 1 saturated heterocycles. The molecule has 2 aromatic rings. The monoisotopic (exact) mass is 355 g/mol. The van der Waals surface area contributed by atoms with Crippen molar-refractivity contribution in [2.75, 3.05) is 26.2 Å². The first kappa shape index (κ1) is 18.1. The summed E-state index contributed by atoms with van der Waals surface area (Å²) in [5, 5.41) is 6.17. The Morgan fingerprint density at radius 1 is 1.35 bits per heavy atom. The van der Waals surface area contributed by atoms with Crippen LogP contribution in [0.25, 0.3) is 0 Å². The van der Waals surface area contributed by atoms with Gasteiger partial charge in [-0.1, -0.05) is 13.0 Å². The minimum absolute atomic E-state index is 0.0790. The van der Waals surface area contributed by atoms with E-state index in [1.165, 1.54) is 0 Å². The smallest absolute Gasteiger partial charge is 0.254 e. The van der Waals surface area contributed by atoms with Crippen molar-refractivity contribution >= 4 is 11.8 Å². The molecule has 138 valence electrons. The minimum atomic E-state index is -0.150. The van der Waals surface area contributed by atoms with Crippen LogP contribution in [0.2, 0.25) is 0 Å². The first-order valence-corrected chi connectivity index (χ1v) is 8.99. The molecule has 1 atom stereocenters. The average molecular weight is 355 g/mol. The van der Waals surface area contributed by atoms with Gasteiger partial charge in [-0.2, -0.15) is 0 Å². The largest absolute Gasteiger partial charge is 0.352 e. The lowest BCUT2D eigenvalue weighted by Gasteiger charge is -2.35. The highest BCUT2D eigenvalue weighted by Gasteiger charge is 2.31. The first-order chi connectivity index (χ1) is 12.6. The Kier molecular flexibility index (Phi) is 5.68. The lowest BCUT2D eigenvalue weighted by Crippen LogP contribution is -2.49. The number of benzene rings is 1. The normalized spacial score (nSPS) is 17.2. The van der Waals surface area contributed by atoms with E-state index in [0.29, 0.717) is 30.8 Å². The molecular formula is C19H25N5O2. The summed E-state index contributed by atoms with van der Waals surface area (Å²) in [4.78, 5) is 31.6. The number of hydrogen-bond donors (Lipinski definition) is 2. The average Bonchev–Trinajstić information content (AvgIpc) is 3.11. The number of imidazole rings is 1. The maximum atomic E-state index is 13.1. The van der Waals surface area contributed by atoms with E-state index in [1.807, 2.05) is 29.6 Å². The molecular weight excluding hydrogens is 330 g/mol. The first-order valence-electron chi connectivity index (χ1n) is 8.99. The number of aromatic nitrogens is 2. The Labute approximate surface area is 153 Å². The van der Waals surface area contributed by atoms with E-state index in [0.717, 1.165) is 18.8 Å². The molecule has 1 aliphatic rings. The Hall–Kier alpha value is -2.67. The van der Waals surface area contributed by atoms with Crippen molar-refractivity contribution in [3.8, 4) is 0 Å². The van der Waals surface area contributed by atoms with Crippen LogP contribution in [-0.2, 0) is 7.05 Å². The topological polar surface area (TPSA) is 79.3 Å². The number of rotatable bonds is 5. The van der Waals surface area contributed by atoms with Gasteiger partial charge < -0.3 is 20.1 Å². The van der Waals surface area contributed by atoms with Gasteiger partial charge in [0.05, 0.1) is 0 Å². The highest BCUT2D eigenvalue weighted by Crippen LogP contribution is 2.23. The van der Waals surface area contributed by atoms with Gasteiger partial charge in [-0.15, -0.1) is 0 Å². The van der Waals surface area contributed by atoms with E-state index < -0.39 is 0 Å². The van der Waals surface area contributed by atoms with Gasteiger partial charge >= 0.3 is 0 Å². The van der Waals surface area contributed by atoms with E-state index in [1.54, 1.807) is 30.5 Å². The van der Waals surface area contributed by atoms with Crippen molar-refractivity contribution < 1.29 is 9.59 Å². The standard InChI is InChI=1S/C19H25N5O2/c1-3-7-22-18(25)14-5-4-6-15(12-14)19(26)24-11-8-20-13-16(24)17-21-9-10-23(17)2/h4-6,9-10,12,16,20H,3,7-8,11,13H2,1-2H3,(H,22,25). The molecule has 7 nitrogen and oxygen atoms in total. The van der Waals surface area contributed by atoms with Gasteiger partial charge in [0, 0.05) is 56.7 Å². The molecule has 2 amide bonds. The Bertz CT molecular complexity index is 786. The van der Waals surface area contributed by atoms with E-state index >= 15 is 0 Å². The van der Waals surface area contributed by atoms with Gasteiger partial charge in [-0.25, -0.2) is 4.98 Å². The van der Waals surface area contributed by atoms with Crippen molar-refractivity contribution in [2.24, 2.45) is 7.05 Å². The minimum Gasteiger partial charge on any atom is -0.352 e. The fourth-order valence-electron chi connectivity index (χ4n) is 3.18. The van der Waals surface area contributed by atoms with Crippen LogP contribution in [0.1, 0.15) is 45.9 Å². The van der Waals surface area contributed by atoms with E-state index in [4.69, 9.17) is 0 Å². The highest BCUT2D eigenvalue weighted by atomic mass is 16.2. The fourth-order valence-corrected chi connectivity index (χ4v) is 3.18. The summed E-state index contributed by atoms with van der Waals surface area (Å²) in [6, 6.07) is 6.79. The molecule has 1 unspecified atom stereocenters. The van der Waals surface area contributed by atoms with Crippen molar-refractivity contribution in [2.45, 2.75) is 19.4 Å². The number of carbonyl (C=O) groups is 2. The van der Waals surface area contributed by atoms with Gasteiger partial charge in [0.25, 0.3) is 11.8 Å². The molecule has 0 radical (unpaired) electrons. The van der Waals surface area contributed by atoms with E-state index in [9.17, 15) is 9.59 Å². The maximum Gasteiger partial charge on any atom is 0.254 e. The molecule has 0 aliphatic carbocycles. The summed E-state index contributed by atoms with van der Waals surface area (Å²) in [5.74, 6) is 0.620. The Morgan fingerprint density at radius 2 is 2.15 bits per heavy atom. The zero-order valence-corrected chi connectivity index (χ0v) is 15.2. The zero-order chi connectivity index (χ0) is 18.5.